The van der Waals surface area contributed by atoms with Crippen LogP contribution in [0.5, 0.6) is 5.75 Å². The van der Waals surface area contributed by atoms with Gasteiger partial charge in [-0.1, -0.05) is 51.1 Å². The number of benzene rings is 2. The average molecular weight is 440 g/mol. The zero-order valence-corrected chi connectivity index (χ0v) is 19.6. The number of nitrogens with zero attached hydrogens (tertiary/aromatic N) is 1. The Morgan fingerprint density at radius 3 is 2.50 bits per heavy atom. The summed E-state index contributed by atoms with van der Waals surface area (Å²) in [6.45, 7) is 10.9. The zero-order valence-electron chi connectivity index (χ0n) is 19.6. The van der Waals surface area contributed by atoms with E-state index in [2.05, 4.69) is 25.8 Å². The van der Waals surface area contributed by atoms with Crippen molar-refractivity contribution in [2.75, 3.05) is 13.2 Å². The van der Waals surface area contributed by atoms with Gasteiger partial charge in [0.15, 0.2) is 12.0 Å². The molecule has 1 unspecified atom stereocenters. The lowest BCUT2D eigenvalue weighted by atomic mass is 9.97. The number of ether oxygens (including phenoxy) is 2. The van der Waals surface area contributed by atoms with E-state index in [1.165, 1.54) is 0 Å². The number of oxazole rings is 1. The van der Waals surface area contributed by atoms with Crippen molar-refractivity contribution in [3.8, 4) is 5.75 Å². The van der Waals surface area contributed by atoms with Crippen LogP contribution < -0.4 is 4.74 Å². The third kappa shape index (κ3) is 5.68. The van der Waals surface area contributed by atoms with Gasteiger partial charge < -0.3 is 19.0 Å². The Balaban J connectivity index is 1.68. The number of carboxylic acids is 1. The first kappa shape index (κ1) is 23.8. The maximum Gasteiger partial charge on any atom is 0.333 e. The second kappa shape index (κ2) is 10.2. The lowest BCUT2D eigenvalue weighted by Crippen LogP contribution is -2.26. The van der Waals surface area contributed by atoms with Gasteiger partial charge >= 0.3 is 5.97 Å². The van der Waals surface area contributed by atoms with Gasteiger partial charge in [0, 0.05) is 23.8 Å². The van der Waals surface area contributed by atoms with E-state index in [0.29, 0.717) is 19.6 Å². The van der Waals surface area contributed by atoms with Gasteiger partial charge in [0.25, 0.3) is 0 Å². The fourth-order valence-electron chi connectivity index (χ4n) is 3.66. The molecule has 0 saturated carbocycles. The number of aliphatic carboxylic acids is 1. The van der Waals surface area contributed by atoms with Gasteiger partial charge in [-0.05, 0) is 43.7 Å². The smallest absolute Gasteiger partial charge is 0.333 e. The Hall–Kier alpha value is -2.86. The second-order valence-corrected chi connectivity index (χ2v) is 8.98. The lowest BCUT2D eigenvalue weighted by Gasteiger charge is -2.16. The molecular weight excluding hydrogens is 406 g/mol. The molecule has 0 bridgehead atoms. The van der Waals surface area contributed by atoms with Gasteiger partial charge in [-0.15, -0.1) is 0 Å². The zero-order chi connectivity index (χ0) is 23.3. The van der Waals surface area contributed by atoms with Crippen LogP contribution in [-0.2, 0) is 27.8 Å². The molecule has 6 heteroatoms. The van der Waals surface area contributed by atoms with E-state index >= 15 is 0 Å². The molecule has 1 aromatic heterocycles. The van der Waals surface area contributed by atoms with Crippen molar-refractivity contribution < 1.29 is 23.8 Å². The molecule has 172 valence electrons. The van der Waals surface area contributed by atoms with Crippen LogP contribution in [-0.4, -0.2) is 35.4 Å². The summed E-state index contributed by atoms with van der Waals surface area (Å²) < 4.78 is 17.3. The number of fused-ring (bicyclic) bond motifs is 1. The van der Waals surface area contributed by atoms with Gasteiger partial charge in [0.1, 0.15) is 11.5 Å². The molecule has 0 aliphatic heterocycles. The van der Waals surface area contributed by atoms with Gasteiger partial charge in [0.2, 0.25) is 0 Å². The maximum atomic E-state index is 11.5. The molecule has 0 spiro atoms. The fourth-order valence-corrected chi connectivity index (χ4v) is 3.66. The molecule has 0 radical (unpaired) electrons. The van der Waals surface area contributed by atoms with Gasteiger partial charge in [-0.25, -0.2) is 9.78 Å². The number of hydrogen-bond acceptors (Lipinski definition) is 5. The summed E-state index contributed by atoms with van der Waals surface area (Å²) in [7, 11) is 0. The van der Waals surface area contributed by atoms with E-state index in [0.717, 1.165) is 52.3 Å². The summed E-state index contributed by atoms with van der Waals surface area (Å²) in [5, 5.41) is 11.4. The number of aromatic nitrogens is 1. The van der Waals surface area contributed by atoms with E-state index < -0.39 is 12.1 Å². The SMILES string of the molecule is CCOC(Cc1ccc(OCCCc2nc(C(C)(C)C)oc2C)c2ccccc12)C(=O)O. The molecule has 0 aliphatic rings. The summed E-state index contributed by atoms with van der Waals surface area (Å²) in [4.78, 5) is 16.2. The van der Waals surface area contributed by atoms with Gasteiger partial charge in [0.05, 0.1) is 12.3 Å². The van der Waals surface area contributed by atoms with Crippen LogP contribution >= 0.6 is 0 Å². The standard InChI is InChI=1S/C26H33NO5/c1-6-30-23(24(28)29)16-18-13-14-22(20-11-8-7-10-19(18)20)31-15-9-12-21-17(2)32-25(27-21)26(3,4)5/h7-8,10-11,13-14,23H,6,9,12,15-16H2,1-5H3,(H,28,29). The van der Waals surface area contributed by atoms with Crippen molar-refractivity contribution in [2.24, 2.45) is 0 Å². The van der Waals surface area contributed by atoms with Crippen LogP contribution in [0, 0.1) is 6.92 Å². The van der Waals surface area contributed by atoms with Gasteiger partial charge in [-0.2, -0.15) is 0 Å². The molecular formula is C26H33NO5. The monoisotopic (exact) mass is 439 g/mol. The minimum atomic E-state index is -0.950. The van der Waals surface area contributed by atoms with Crippen LogP contribution in [0.2, 0.25) is 0 Å². The molecule has 0 amide bonds. The Morgan fingerprint density at radius 1 is 1.16 bits per heavy atom. The summed E-state index contributed by atoms with van der Waals surface area (Å²) in [6, 6.07) is 11.8. The Labute approximate surface area is 189 Å². The first-order chi connectivity index (χ1) is 15.2. The molecule has 0 fully saturated rings. The molecule has 3 aromatic rings. The van der Waals surface area contributed by atoms with E-state index in [4.69, 9.17) is 13.9 Å². The normalized spacial score (nSPS) is 12.8. The number of rotatable bonds is 10. The highest BCUT2D eigenvalue weighted by atomic mass is 16.5. The topological polar surface area (TPSA) is 81.8 Å². The minimum absolute atomic E-state index is 0.109. The van der Waals surface area contributed by atoms with Crippen LogP contribution in [0.1, 0.15) is 57.0 Å². The quantitative estimate of drug-likeness (QED) is 0.421. The minimum Gasteiger partial charge on any atom is -0.493 e. The summed E-state index contributed by atoms with van der Waals surface area (Å²) in [6.07, 6.45) is 1.05. The number of carboxylic acid groups (broad SMARTS) is 1. The molecule has 6 nitrogen and oxygen atoms in total. The largest absolute Gasteiger partial charge is 0.493 e. The summed E-state index contributed by atoms with van der Waals surface area (Å²) in [5.41, 5.74) is 1.80. The highest BCUT2D eigenvalue weighted by molar-refractivity contribution is 5.91. The van der Waals surface area contributed by atoms with E-state index in [-0.39, 0.29) is 5.41 Å². The maximum absolute atomic E-state index is 11.5. The molecule has 32 heavy (non-hydrogen) atoms. The third-order valence-electron chi connectivity index (χ3n) is 5.37. The van der Waals surface area contributed by atoms with Crippen LogP contribution in [0.3, 0.4) is 0 Å². The van der Waals surface area contributed by atoms with Crippen LogP contribution in [0.25, 0.3) is 10.8 Å². The van der Waals surface area contributed by atoms with E-state index in [1.54, 1.807) is 6.92 Å². The molecule has 1 heterocycles. The first-order valence-corrected chi connectivity index (χ1v) is 11.1. The van der Waals surface area contributed by atoms with E-state index in [9.17, 15) is 9.90 Å². The Bertz CT molecular complexity index is 1060. The molecule has 3 rings (SSSR count). The van der Waals surface area contributed by atoms with Crippen molar-refractivity contribution in [1.82, 2.24) is 4.98 Å². The molecule has 1 atom stereocenters. The predicted molar refractivity (Wildman–Crippen MR) is 124 cm³/mol. The van der Waals surface area contributed by atoms with Crippen molar-refractivity contribution >= 4 is 16.7 Å². The van der Waals surface area contributed by atoms with Crippen molar-refractivity contribution in [1.29, 1.82) is 0 Å². The van der Waals surface area contributed by atoms with Gasteiger partial charge in [-0.3, -0.25) is 0 Å². The summed E-state index contributed by atoms with van der Waals surface area (Å²) >= 11 is 0. The summed E-state index contributed by atoms with van der Waals surface area (Å²) in [5.74, 6) is 1.47. The molecule has 1 N–H and O–H groups in total. The molecule has 2 aromatic carbocycles. The van der Waals surface area contributed by atoms with Crippen molar-refractivity contribution in [3.63, 3.8) is 0 Å². The molecule has 0 aliphatic carbocycles. The number of carbonyl (C=O) groups is 1. The average Bonchev–Trinajstić information content (AvgIpc) is 3.13. The van der Waals surface area contributed by atoms with Crippen LogP contribution in [0.15, 0.2) is 40.8 Å². The third-order valence-corrected chi connectivity index (χ3v) is 5.37. The lowest BCUT2D eigenvalue weighted by molar-refractivity contribution is -0.149. The predicted octanol–water partition coefficient (Wildman–Crippen LogP) is 5.48. The fraction of sp³-hybridized carbons (Fsp3) is 0.462. The second-order valence-electron chi connectivity index (χ2n) is 8.98. The number of hydrogen-bond donors (Lipinski definition) is 1. The van der Waals surface area contributed by atoms with E-state index in [1.807, 2.05) is 43.3 Å². The Morgan fingerprint density at radius 2 is 1.88 bits per heavy atom. The number of aryl methyl sites for hydroxylation is 2. The Kier molecular flexibility index (Phi) is 7.56. The molecule has 0 saturated heterocycles. The highest BCUT2D eigenvalue weighted by Crippen LogP contribution is 2.30. The highest BCUT2D eigenvalue weighted by Gasteiger charge is 2.22. The van der Waals surface area contributed by atoms with Crippen molar-refractivity contribution in [2.45, 2.75) is 65.4 Å². The van der Waals surface area contributed by atoms with Crippen molar-refractivity contribution in [3.05, 3.63) is 59.3 Å². The first-order valence-electron chi connectivity index (χ1n) is 11.1. The van der Waals surface area contributed by atoms with Crippen LogP contribution in [0.4, 0.5) is 0 Å².